The first-order valence-electron chi connectivity index (χ1n) is 6.75. The number of nitrogens with one attached hydrogen (secondary N) is 1. The predicted octanol–water partition coefficient (Wildman–Crippen LogP) is 4.05. The average Bonchev–Trinajstić information content (AvgIpc) is 2.28. The van der Waals surface area contributed by atoms with Crippen LogP contribution in [0.4, 0.5) is 0 Å². The van der Waals surface area contributed by atoms with Crippen molar-refractivity contribution in [2.75, 3.05) is 0 Å². The molecule has 0 fully saturated rings. The molecular formula is C15H25ClN2O. The van der Waals surface area contributed by atoms with E-state index in [1.165, 1.54) is 0 Å². The van der Waals surface area contributed by atoms with Gasteiger partial charge in [-0.1, -0.05) is 25.4 Å². The lowest BCUT2D eigenvalue weighted by molar-refractivity contribution is 0.163. The molecule has 1 aromatic heterocycles. The molecule has 1 heterocycles. The van der Waals surface area contributed by atoms with Gasteiger partial charge in [0, 0.05) is 18.3 Å². The van der Waals surface area contributed by atoms with E-state index in [0.717, 1.165) is 12.1 Å². The zero-order valence-corrected chi connectivity index (χ0v) is 13.5. The van der Waals surface area contributed by atoms with E-state index in [0.29, 0.717) is 16.8 Å². The van der Waals surface area contributed by atoms with Crippen molar-refractivity contribution in [3.8, 4) is 5.88 Å². The number of pyridine rings is 1. The summed E-state index contributed by atoms with van der Waals surface area (Å²) in [6, 6.07) is 1.91. The summed E-state index contributed by atoms with van der Waals surface area (Å²) in [7, 11) is 0. The number of halogens is 1. The van der Waals surface area contributed by atoms with Crippen LogP contribution < -0.4 is 10.1 Å². The predicted molar refractivity (Wildman–Crippen MR) is 80.8 cm³/mol. The standard InChI is InChI=1S/C15H25ClN2O/c1-10(2)11(3)19-14-13(16)7-12(8-17-14)9-18-15(4,5)6/h7-8,10-11,18H,9H2,1-6H3. The van der Waals surface area contributed by atoms with Crippen LogP contribution in [0.3, 0.4) is 0 Å². The molecule has 0 aliphatic heterocycles. The van der Waals surface area contributed by atoms with Gasteiger partial charge in [-0.3, -0.25) is 0 Å². The van der Waals surface area contributed by atoms with Crippen molar-refractivity contribution in [1.29, 1.82) is 0 Å². The molecule has 1 N–H and O–H groups in total. The molecule has 3 nitrogen and oxygen atoms in total. The van der Waals surface area contributed by atoms with Crippen molar-refractivity contribution in [2.45, 2.75) is 59.7 Å². The second-order valence-corrected chi connectivity index (χ2v) is 6.71. The third-order valence-corrected chi connectivity index (χ3v) is 3.19. The van der Waals surface area contributed by atoms with Gasteiger partial charge < -0.3 is 10.1 Å². The SMILES string of the molecule is CC(C)C(C)Oc1ncc(CNC(C)(C)C)cc1Cl. The number of ether oxygens (including phenoxy) is 1. The molecule has 0 aromatic carbocycles. The maximum absolute atomic E-state index is 6.21. The molecule has 0 aliphatic rings. The van der Waals surface area contributed by atoms with Gasteiger partial charge in [0.2, 0.25) is 5.88 Å². The van der Waals surface area contributed by atoms with Gasteiger partial charge in [-0.25, -0.2) is 4.98 Å². The minimum absolute atomic E-state index is 0.0772. The first kappa shape index (κ1) is 16.3. The maximum atomic E-state index is 6.21. The van der Waals surface area contributed by atoms with Crippen LogP contribution in [0.15, 0.2) is 12.3 Å². The molecule has 0 saturated heterocycles. The Morgan fingerprint density at radius 1 is 1.32 bits per heavy atom. The summed E-state index contributed by atoms with van der Waals surface area (Å²) in [4.78, 5) is 4.31. The Kier molecular flexibility index (Phi) is 5.63. The lowest BCUT2D eigenvalue weighted by atomic mass is 10.1. The fourth-order valence-corrected chi connectivity index (χ4v) is 1.56. The Bertz CT molecular complexity index is 413. The molecule has 0 saturated carbocycles. The van der Waals surface area contributed by atoms with Crippen molar-refractivity contribution in [3.05, 3.63) is 22.8 Å². The third-order valence-electron chi connectivity index (χ3n) is 2.92. The minimum Gasteiger partial charge on any atom is -0.473 e. The van der Waals surface area contributed by atoms with E-state index in [2.05, 4.69) is 44.9 Å². The number of aromatic nitrogens is 1. The van der Waals surface area contributed by atoms with Crippen molar-refractivity contribution < 1.29 is 4.74 Å². The van der Waals surface area contributed by atoms with Crippen LogP contribution in [-0.4, -0.2) is 16.6 Å². The highest BCUT2D eigenvalue weighted by atomic mass is 35.5. The topological polar surface area (TPSA) is 34.1 Å². The van der Waals surface area contributed by atoms with Gasteiger partial charge in [-0.15, -0.1) is 0 Å². The number of nitrogens with zero attached hydrogens (tertiary/aromatic N) is 1. The first-order valence-corrected chi connectivity index (χ1v) is 7.13. The lowest BCUT2D eigenvalue weighted by Gasteiger charge is -2.21. The van der Waals surface area contributed by atoms with Crippen molar-refractivity contribution in [3.63, 3.8) is 0 Å². The quantitative estimate of drug-likeness (QED) is 0.886. The minimum atomic E-state index is 0.0772. The Morgan fingerprint density at radius 3 is 2.42 bits per heavy atom. The highest BCUT2D eigenvalue weighted by molar-refractivity contribution is 6.31. The Labute approximate surface area is 121 Å². The van der Waals surface area contributed by atoms with E-state index in [-0.39, 0.29) is 11.6 Å². The van der Waals surface area contributed by atoms with E-state index in [1.54, 1.807) is 0 Å². The number of hydrogen-bond acceptors (Lipinski definition) is 3. The fourth-order valence-electron chi connectivity index (χ4n) is 1.33. The van der Waals surface area contributed by atoms with Gasteiger partial charge in [0.25, 0.3) is 0 Å². The van der Waals surface area contributed by atoms with Gasteiger partial charge in [0.1, 0.15) is 5.02 Å². The summed E-state index contributed by atoms with van der Waals surface area (Å²) in [5, 5.41) is 3.97. The zero-order valence-electron chi connectivity index (χ0n) is 12.7. The molecule has 1 atom stereocenters. The first-order chi connectivity index (χ1) is 8.69. The number of rotatable bonds is 5. The van der Waals surface area contributed by atoms with Crippen LogP contribution in [-0.2, 0) is 6.54 Å². The highest BCUT2D eigenvalue weighted by Crippen LogP contribution is 2.24. The molecule has 108 valence electrons. The summed E-state index contributed by atoms with van der Waals surface area (Å²) < 4.78 is 5.74. The van der Waals surface area contributed by atoms with Crippen molar-refractivity contribution in [2.24, 2.45) is 5.92 Å². The molecule has 1 aromatic rings. The largest absolute Gasteiger partial charge is 0.473 e. The molecule has 0 aliphatic carbocycles. The van der Waals surface area contributed by atoms with Gasteiger partial charge in [-0.2, -0.15) is 0 Å². The molecular weight excluding hydrogens is 260 g/mol. The van der Waals surface area contributed by atoms with E-state index >= 15 is 0 Å². The van der Waals surface area contributed by atoms with E-state index < -0.39 is 0 Å². The summed E-state index contributed by atoms with van der Waals surface area (Å²) >= 11 is 6.21. The van der Waals surface area contributed by atoms with Gasteiger partial charge in [0.05, 0.1) is 6.10 Å². The smallest absolute Gasteiger partial charge is 0.232 e. The molecule has 0 amide bonds. The second-order valence-electron chi connectivity index (χ2n) is 6.30. The highest BCUT2D eigenvalue weighted by Gasteiger charge is 2.13. The summed E-state index contributed by atoms with van der Waals surface area (Å²) in [6.07, 6.45) is 1.91. The third kappa shape index (κ3) is 5.79. The summed E-state index contributed by atoms with van der Waals surface area (Å²) in [6.45, 7) is 13.4. The molecule has 0 spiro atoms. The van der Waals surface area contributed by atoms with E-state index in [4.69, 9.17) is 16.3 Å². The fraction of sp³-hybridized carbons (Fsp3) is 0.667. The normalized spacial score (nSPS) is 13.7. The van der Waals surface area contributed by atoms with Crippen LogP contribution in [0.1, 0.15) is 47.1 Å². The summed E-state index contributed by atoms with van der Waals surface area (Å²) in [5.74, 6) is 0.947. The maximum Gasteiger partial charge on any atom is 0.232 e. The molecule has 1 rings (SSSR count). The monoisotopic (exact) mass is 284 g/mol. The Balaban J connectivity index is 2.69. The van der Waals surface area contributed by atoms with Gasteiger partial charge in [0.15, 0.2) is 0 Å². The van der Waals surface area contributed by atoms with Crippen molar-refractivity contribution >= 4 is 11.6 Å². The van der Waals surface area contributed by atoms with E-state index in [9.17, 15) is 0 Å². The molecule has 1 unspecified atom stereocenters. The second kappa shape index (κ2) is 6.58. The number of hydrogen-bond donors (Lipinski definition) is 1. The van der Waals surface area contributed by atoms with Gasteiger partial charge >= 0.3 is 0 Å². The van der Waals surface area contributed by atoms with Crippen molar-refractivity contribution in [1.82, 2.24) is 10.3 Å². The van der Waals surface area contributed by atoms with Crippen LogP contribution in [0, 0.1) is 5.92 Å². The van der Waals surface area contributed by atoms with Crippen LogP contribution in [0.2, 0.25) is 5.02 Å². The molecule has 4 heteroatoms. The Hall–Kier alpha value is -0.800. The van der Waals surface area contributed by atoms with Crippen LogP contribution >= 0.6 is 11.6 Å². The summed E-state index contributed by atoms with van der Waals surface area (Å²) in [5.41, 5.74) is 1.14. The molecule has 0 bridgehead atoms. The van der Waals surface area contributed by atoms with E-state index in [1.807, 2.05) is 19.2 Å². The zero-order chi connectivity index (χ0) is 14.6. The lowest BCUT2D eigenvalue weighted by Crippen LogP contribution is -2.35. The molecule has 19 heavy (non-hydrogen) atoms. The Morgan fingerprint density at radius 2 is 1.95 bits per heavy atom. The molecule has 0 radical (unpaired) electrons. The van der Waals surface area contributed by atoms with Gasteiger partial charge in [-0.05, 0) is 45.2 Å². The van der Waals surface area contributed by atoms with Crippen LogP contribution in [0.5, 0.6) is 5.88 Å². The average molecular weight is 285 g/mol. The van der Waals surface area contributed by atoms with Crippen LogP contribution in [0.25, 0.3) is 0 Å².